The molecule has 0 amide bonds. The number of nitrogens with one attached hydrogen (secondary N) is 1. The monoisotopic (exact) mass is 498 g/mol. The van der Waals surface area contributed by atoms with Crippen LogP contribution >= 0.6 is 0 Å². The van der Waals surface area contributed by atoms with Crippen molar-refractivity contribution < 1.29 is 24.1 Å². The van der Waals surface area contributed by atoms with E-state index in [2.05, 4.69) is 40.5 Å². The van der Waals surface area contributed by atoms with E-state index in [1.165, 1.54) is 5.56 Å². The van der Waals surface area contributed by atoms with Crippen molar-refractivity contribution in [1.82, 2.24) is 5.32 Å². The molecule has 4 rings (SSSR count). The zero-order chi connectivity index (χ0) is 25.5. The van der Waals surface area contributed by atoms with Gasteiger partial charge in [-0.25, -0.2) is 0 Å². The highest BCUT2D eigenvalue weighted by Crippen LogP contribution is 2.36. The van der Waals surface area contributed by atoms with Gasteiger partial charge in [-0.2, -0.15) is 0 Å². The van der Waals surface area contributed by atoms with Crippen LogP contribution in [0, 0.1) is 0 Å². The Kier molecular flexibility index (Phi) is 9.12. The quantitative estimate of drug-likeness (QED) is 0.452. The highest BCUT2D eigenvalue weighted by Gasteiger charge is 2.34. The lowest BCUT2D eigenvalue weighted by molar-refractivity contribution is -0.00898. The molecule has 0 aromatic heterocycles. The fraction of sp³-hybridized carbons (Fsp3) is 0.586. The number of benzene rings is 2. The van der Waals surface area contributed by atoms with Gasteiger partial charge >= 0.3 is 0 Å². The van der Waals surface area contributed by atoms with Crippen molar-refractivity contribution in [3.05, 3.63) is 53.6 Å². The average molecular weight is 499 g/mol. The summed E-state index contributed by atoms with van der Waals surface area (Å²) >= 11 is 0. The van der Waals surface area contributed by atoms with Crippen LogP contribution in [-0.2, 0) is 16.1 Å². The number of rotatable bonds is 11. The van der Waals surface area contributed by atoms with Gasteiger partial charge in [0.2, 0.25) is 0 Å². The zero-order valence-electron chi connectivity index (χ0n) is 22.2. The first-order valence-electron chi connectivity index (χ1n) is 13.1. The van der Waals surface area contributed by atoms with Gasteiger partial charge in [-0.15, -0.1) is 0 Å². The van der Waals surface area contributed by atoms with Crippen molar-refractivity contribution in [3.63, 3.8) is 0 Å². The van der Waals surface area contributed by atoms with Gasteiger partial charge in [-0.1, -0.05) is 18.2 Å². The SMILES string of the molecule is COCCCN1CCOc2ccc(CO[C@H]3CN[C@H](CC(C)(C)O)C[C@@H]3c3ccc(OC)cc3)cc21. The van der Waals surface area contributed by atoms with Crippen LogP contribution in [0.1, 0.15) is 50.2 Å². The number of anilines is 1. The average Bonchev–Trinajstić information content (AvgIpc) is 2.87. The molecule has 2 N–H and O–H groups in total. The van der Waals surface area contributed by atoms with Gasteiger partial charge in [0.05, 0.1) is 37.7 Å². The largest absolute Gasteiger partial charge is 0.497 e. The van der Waals surface area contributed by atoms with Crippen LogP contribution in [0.4, 0.5) is 5.69 Å². The van der Waals surface area contributed by atoms with Crippen LogP contribution in [0.25, 0.3) is 0 Å². The van der Waals surface area contributed by atoms with Crippen LogP contribution in [0.5, 0.6) is 11.5 Å². The third-order valence-electron chi connectivity index (χ3n) is 7.11. The number of aliphatic hydroxyl groups is 1. The van der Waals surface area contributed by atoms with Gasteiger partial charge in [0, 0.05) is 38.8 Å². The summed E-state index contributed by atoms with van der Waals surface area (Å²) < 4.78 is 23.1. The van der Waals surface area contributed by atoms with Crippen LogP contribution in [0.15, 0.2) is 42.5 Å². The van der Waals surface area contributed by atoms with E-state index in [0.717, 1.165) is 61.8 Å². The van der Waals surface area contributed by atoms with E-state index in [9.17, 15) is 5.11 Å². The lowest BCUT2D eigenvalue weighted by Gasteiger charge is -2.39. The minimum atomic E-state index is -0.712. The molecule has 7 heteroatoms. The van der Waals surface area contributed by atoms with Gasteiger partial charge in [-0.3, -0.25) is 0 Å². The molecule has 2 aromatic carbocycles. The maximum absolute atomic E-state index is 10.4. The third kappa shape index (κ3) is 7.13. The zero-order valence-corrected chi connectivity index (χ0v) is 22.2. The molecule has 3 atom stereocenters. The molecule has 0 saturated carbocycles. The minimum Gasteiger partial charge on any atom is -0.497 e. The summed E-state index contributed by atoms with van der Waals surface area (Å²) in [4.78, 5) is 2.38. The number of hydrogen-bond acceptors (Lipinski definition) is 7. The summed E-state index contributed by atoms with van der Waals surface area (Å²) in [6.07, 6.45) is 2.63. The highest BCUT2D eigenvalue weighted by molar-refractivity contribution is 5.61. The van der Waals surface area contributed by atoms with Crippen molar-refractivity contribution in [2.24, 2.45) is 0 Å². The molecular weight excluding hydrogens is 456 g/mol. The number of ether oxygens (including phenoxy) is 4. The Morgan fingerprint density at radius 2 is 1.94 bits per heavy atom. The number of hydrogen-bond donors (Lipinski definition) is 2. The van der Waals surface area contributed by atoms with Gasteiger partial charge in [-0.05, 0) is 68.5 Å². The van der Waals surface area contributed by atoms with E-state index < -0.39 is 5.60 Å². The normalized spacial score (nSPS) is 22.1. The molecule has 2 heterocycles. The van der Waals surface area contributed by atoms with E-state index in [4.69, 9.17) is 18.9 Å². The van der Waals surface area contributed by atoms with Crippen LogP contribution in [0.3, 0.4) is 0 Å². The molecule has 0 aliphatic carbocycles. The maximum Gasteiger partial charge on any atom is 0.142 e. The van der Waals surface area contributed by atoms with Gasteiger partial charge in [0.1, 0.15) is 18.1 Å². The molecule has 0 radical (unpaired) electrons. The second kappa shape index (κ2) is 12.3. The number of methoxy groups -OCH3 is 2. The van der Waals surface area contributed by atoms with Crippen LogP contribution in [0.2, 0.25) is 0 Å². The molecular formula is C29H42N2O5. The van der Waals surface area contributed by atoms with E-state index >= 15 is 0 Å². The second-order valence-electron chi connectivity index (χ2n) is 10.6. The molecule has 198 valence electrons. The molecule has 0 unspecified atom stereocenters. The first-order valence-corrected chi connectivity index (χ1v) is 13.1. The fourth-order valence-electron chi connectivity index (χ4n) is 5.35. The summed E-state index contributed by atoms with van der Waals surface area (Å²) in [5.74, 6) is 2.02. The van der Waals surface area contributed by atoms with Gasteiger partial charge in [0.25, 0.3) is 0 Å². The molecule has 1 saturated heterocycles. The predicted molar refractivity (Wildman–Crippen MR) is 142 cm³/mol. The lowest BCUT2D eigenvalue weighted by Crippen LogP contribution is -2.49. The van der Waals surface area contributed by atoms with Crippen molar-refractivity contribution >= 4 is 5.69 Å². The third-order valence-corrected chi connectivity index (χ3v) is 7.11. The Bertz CT molecular complexity index is 959. The number of nitrogens with zero attached hydrogens (tertiary/aromatic N) is 1. The standard InChI is InChI=1S/C29H42N2O5/c1-29(2,32)18-23-17-25(22-7-9-24(34-4)10-8-22)28(19-30-23)36-20-21-6-11-27-26(16-21)31(13-15-35-27)12-5-14-33-3/h6-11,16,23,25,28,30,32H,5,12-15,17-20H2,1-4H3/t23-,25+,28-/m0/s1. The number of piperidine rings is 1. The predicted octanol–water partition coefficient (Wildman–Crippen LogP) is 4.12. The van der Waals surface area contributed by atoms with Crippen LogP contribution in [-0.4, -0.2) is 69.9 Å². The van der Waals surface area contributed by atoms with E-state index in [-0.39, 0.29) is 18.1 Å². The van der Waals surface area contributed by atoms with E-state index in [1.54, 1.807) is 14.2 Å². The Balaban J connectivity index is 1.46. The Morgan fingerprint density at radius 3 is 2.67 bits per heavy atom. The second-order valence-corrected chi connectivity index (χ2v) is 10.6. The Labute approximate surface area is 215 Å². The van der Waals surface area contributed by atoms with Crippen molar-refractivity contribution in [3.8, 4) is 11.5 Å². The summed E-state index contributed by atoms with van der Waals surface area (Å²) in [6, 6.07) is 14.9. The fourth-order valence-corrected chi connectivity index (χ4v) is 5.35. The summed E-state index contributed by atoms with van der Waals surface area (Å²) in [5, 5.41) is 14.0. The van der Waals surface area contributed by atoms with Crippen molar-refractivity contribution in [1.29, 1.82) is 0 Å². The molecule has 2 aromatic rings. The van der Waals surface area contributed by atoms with Gasteiger partial charge < -0.3 is 34.3 Å². The van der Waals surface area contributed by atoms with Gasteiger partial charge in [0.15, 0.2) is 0 Å². The van der Waals surface area contributed by atoms with Crippen molar-refractivity contribution in [2.45, 2.75) is 63.4 Å². The summed E-state index contributed by atoms with van der Waals surface area (Å²) in [5.41, 5.74) is 2.81. The molecule has 0 spiro atoms. The van der Waals surface area contributed by atoms with E-state index in [1.807, 2.05) is 26.0 Å². The van der Waals surface area contributed by atoms with Crippen LogP contribution < -0.4 is 19.7 Å². The highest BCUT2D eigenvalue weighted by atomic mass is 16.5. The minimum absolute atomic E-state index is 0.0292. The maximum atomic E-state index is 10.4. The smallest absolute Gasteiger partial charge is 0.142 e. The molecule has 2 aliphatic heterocycles. The van der Waals surface area contributed by atoms with E-state index in [0.29, 0.717) is 19.6 Å². The Morgan fingerprint density at radius 1 is 1.14 bits per heavy atom. The molecule has 2 aliphatic rings. The lowest BCUT2D eigenvalue weighted by atomic mass is 9.81. The van der Waals surface area contributed by atoms with Crippen molar-refractivity contribution in [2.75, 3.05) is 52.0 Å². The first-order chi connectivity index (χ1) is 17.4. The molecule has 36 heavy (non-hydrogen) atoms. The topological polar surface area (TPSA) is 72.4 Å². The Hall–Kier alpha value is -2.32. The molecule has 1 fully saturated rings. The molecule has 0 bridgehead atoms. The first kappa shape index (κ1) is 26.7. The molecule has 7 nitrogen and oxygen atoms in total. The number of fused-ring (bicyclic) bond motifs is 1. The summed E-state index contributed by atoms with van der Waals surface area (Å²) in [7, 11) is 3.43. The summed E-state index contributed by atoms with van der Waals surface area (Å²) in [6.45, 7) is 8.32.